The Kier molecular flexibility index (Phi) is 6.57. The van der Waals surface area contributed by atoms with Crippen molar-refractivity contribution in [2.75, 3.05) is 26.9 Å². The van der Waals surface area contributed by atoms with E-state index in [1.165, 1.54) is 0 Å². The second-order valence-corrected chi connectivity index (χ2v) is 12.7. The van der Waals surface area contributed by atoms with Gasteiger partial charge in [-0.2, -0.15) is 0 Å². The van der Waals surface area contributed by atoms with Crippen LogP contribution in [0.4, 0.5) is 0 Å². The zero-order valence-corrected chi connectivity index (χ0v) is 17.5. The quantitative estimate of drug-likeness (QED) is 0.293. The molecule has 8 heteroatoms. The average Bonchev–Trinajstić information content (AvgIpc) is 2.58. The number of ether oxygens (including phenoxy) is 3. The fourth-order valence-corrected chi connectivity index (χ4v) is 3.80. The molecule has 2 unspecified atom stereocenters. The SMILES string of the molecule is COCC(N=[N+]=[N-])C(O[Si](C)(C)C(C)(C)C)c1ccc2c(c1)OCCO2. The first-order valence-corrected chi connectivity index (χ1v) is 11.7. The standard InChI is InChI=1S/C18H29N3O4Si/c1-18(2,3)26(5,6)25-17(14(12-22-4)20-21-19)13-7-8-15-16(11-13)24-10-9-23-15/h7-8,11,14,17H,9-10,12H2,1-6H3. The number of methoxy groups -OCH3 is 1. The van der Waals surface area contributed by atoms with Crippen molar-refractivity contribution < 1.29 is 18.6 Å². The maximum absolute atomic E-state index is 9.02. The maximum atomic E-state index is 9.02. The highest BCUT2D eigenvalue weighted by Gasteiger charge is 2.41. The molecule has 0 saturated carbocycles. The molecule has 0 aliphatic carbocycles. The van der Waals surface area contributed by atoms with Crippen LogP contribution in [-0.2, 0) is 9.16 Å². The summed E-state index contributed by atoms with van der Waals surface area (Å²) in [4.78, 5) is 3.01. The van der Waals surface area contributed by atoms with Gasteiger partial charge in [0.25, 0.3) is 0 Å². The lowest BCUT2D eigenvalue weighted by Gasteiger charge is -2.41. The van der Waals surface area contributed by atoms with E-state index in [2.05, 4.69) is 43.9 Å². The summed E-state index contributed by atoms with van der Waals surface area (Å²) in [6, 6.07) is 5.27. The Morgan fingerprint density at radius 2 is 1.88 bits per heavy atom. The molecule has 0 radical (unpaired) electrons. The van der Waals surface area contributed by atoms with Gasteiger partial charge in [-0.05, 0) is 41.4 Å². The lowest BCUT2D eigenvalue weighted by atomic mass is 10.0. The van der Waals surface area contributed by atoms with Crippen LogP contribution in [0.3, 0.4) is 0 Å². The predicted molar refractivity (Wildman–Crippen MR) is 103 cm³/mol. The highest BCUT2D eigenvalue weighted by Crippen LogP contribution is 2.42. The molecule has 0 N–H and O–H groups in total. The van der Waals surface area contributed by atoms with E-state index >= 15 is 0 Å². The minimum Gasteiger partial charge on any atom is -0.486 e. The van der Waals surface area contributed by atoms with Crippen LogP contribution in [0.1, 0.15) is 32.4 Å². The first kappa shape index (κ1) is 20.6. The third kappa shape index (κ3) is 4.70. The second kappa shape index (κ2) is 8.31. The third-order valence-corrected chi connectivity index (χ3v) is 9.46. The Bertz CT molecular complexity index is 669. The number of rotatable bonds is 7. The van der Waals surface area contributed by atoms with Crippen molar-refractivity contribution >= 4 is 8.32 Å². The zero-order valence-electron chi connectivity index (χ0n) is 16.5. The van der Waals surface area contributed by atoms with Gasteiger partial charge in [0.1, 0.15) is 13.2 Å². The minimum absolute atomic E-state index is 0.0209. The molecule has 1 aliphatic rings. The lowest BCUT2D eigenvalue weighted by molar-refractivity contribution is 0.0930. The molecule has 2 rings (SSSR count). The van der Waals surface area contributed by atoms with E-state index in [0.717, 1.165) is 11.3 Å². The monoisotopic (exact) mass is 379 g/mol. The summed E-state index contributed by atoms with van der Waals surface area (Å²) in [6.45, 7) is 12.2. The Balaban J connectivity index is 2.44. The summed E-state index contributed by atoms with van der Waals surface area (Å²) in [6.07, 6.45) is -0.414. The number of hydrogen-bond acceptors (Lipinski definition) is 5. The van der Waals surface area contributed by atoms with Crippen LogP contribution in [0.25, 0.3) is 10.4 Å². The molecular weight excluding hydrogens is 350 g/mol. The van der Waals surface area contributed by atoms with Crippen molar-refractivity contribution in [2.45, 2.75) is 51.0 Å². The normalized spacial score (nSPS) is 16.5. The summed E-state index contributed by atoms with van der Waals surface area (Å²) in [7, 11) is -0.528. The van der Waals surface area contributed by atoms with Gasteiger partial charge in [0, 0.05) is 12.0 Å². The average molecular weight is 380 g/mol. The van der Waals surface area contributed by atoms with Gasteiger partial charge in [0.05, 0.1) is 18.8 Å². The molecule has 144 valence electrons. The lowest BCUT2D eigenvalue weighted by Crippen LogP contribution is -2.44. The van der Waals surface area contributed by atoms with Crippen LogP contribution >= 0.6 is 0 Å². The largest absolute Gasteiger partial charge is 0.486 e. The highest BCUT2D eigenvalue weighted by atomic mass is 28.4. The van der Waals surface area contributed by atoms with Gasteiger partial charge in [-0.25, -0.2) is 0 Å². The van der Waals surface area contributed by atoms with E-state index in [1.54, 1.807) is 7.11 Å². The third-order valence-electron chi connectivity index (χ3n) is 5.01. The molecule has 1 aliphatic heterocycles. The molecule has 1 heterocycles. The summed E-state index contributed by atoms with van der Waals surface area (Å²) in [5.74, 6) is 1.41. The smallest absolute Gasteiger partial charge is 0.192 e. The van der Waals surface area contributed by atoms with Gasteiger partial charge in [-0.3, -0.25) is 0 Å². The van der Waals surface area contributed by atoms with Gasteiger partial charge in [-0.15, -0.1) is 0 Å². The van der Waals surface area contributed by atoms with E-state index in [9.17, 15) is 0 Å². The van der Waals surface area contributed by atoms with Gasteiger partial charge in [-0.1, -0.05) is 32.0 Å². The van der Waals surface area contributed by atoms with Crippen molar-refractivity contribution in [3.63, 3.8) is 0 Å². The molecule has 0 amide bonds. The topological polar surface area (TPSA) is 85.7 Å². The van der Waals surface area contributed by atoms with Crippen molar-refractivity contribution in [2.24, 2.45) is 5.11 Å². The fourth-order valence-electron chi connectivity index (χ4n) is 2.52. The summed E-state index contributed by atoms with van der Waals surface area (Å²) in [5.41, 5.74) is 9.92. The van der Waals surface area contributed by atoms with Gasteiger partial charge >= 0.3 is 0 Å². The van der Waals surface area contributed by atoms with Gasteiger partial charge < -0.3 is 18.6 Å². The molecular formula is C18H29N3O4Si. The molecule has 0 bridgehead atoms. The first-order valence-electron chi connectivity index (χ1n) is 8.80. The first-order chi connectivity index (χ1) is 12.2. The summed E-state index contributed by atoms with van der Waals surface area (Å²) < 4.78 is 23.2. The number of azide groups is 1. The molecule has 1 aromatic carbocycles. The van der Waals surface area contributed by atoms with Crippen molar-refractivity contribution in [3.05, 3.63) is 34.2 Å². The number of fused-ring (bicyclic) bond motifs is 1. The molecule has 0 spiro atoms. The maximum Gasteiger partial charge on any atom is 0.192 e. The van der Waals surface area contributed by atoms with Gasteiger partial charge in [0.2, 0.25) is 0 Å². The Morgan fingerprint density at radius 3 is 2.46 bits per heavy atom. The van der Waals surface area contributed by atoms with Crippen LogP contribution in [0, 0.1) is 0 Å². The van der Waals surface area contributed by atoms with E-state index < -0.39 is 20.5 Å². The number of benzene rings is 1. The predicted octanol–water partition coefficient (Wildman–Crippen LogP) is 4.85. The molecule has 7 nitrogen and oxygen atoms in total. The van der Waals surface area contributed by atoms with Crippen LogP contribution in [0.2, 0.25) is 18.1 Å². The van der Waals surface area contributed by atoms with Gasteiger partial charge in [0.15, 0.2) is 19.8 Å². The molecule has 2 atom stereocenters. The second-order valence-electron chi connectivity index (χ2n) is 7.93. The fraction of sp³-hybridized carbons (Fsp3) is 0.667. The van der Waals surface area contributed by atoms with Crippen molar-refractivity contribution in [1.82, 2.24) is 0 Å². The molecule has 0 aromatic heterocycles. The summed E-state index contributed by atoms with van der Waals surface area (Å²) in [5, 5.41) is 3.97. The van der Waals surface area contributed by atoms with Crippen LogP contribution < -0.4 is 9.47 Å². The van der Waals surface area contributed by atoms with Crippen LogP contribution in [-0.4, -0.2) is 41.3 Å². The van der Waals surface area contributed by atoms with Crippen LogP contribution in [0.15, 0.2) is 23.3 Å². The van der Waals surface area contributed by atoms with E-state index in [4.69, 9.17) is 24.2 Å². The number of hydrogen-bond donors (Lipinski definition) is 0. The molecule has 1 aromatic rings. The van der Waals surface area contributed by atoms with Crippen molar-refractivity contribution in [1.29, 1.82) is 0 Å². The van der Waals surface area contributed by atoms with E-state index in [0.29, 0.717) is 19.0 Å². The zero-order chi connectivity index (χ0) is 19.4. The number of nitrogens with zero attached hydrogens (tertiary/aromatic N) is 3. The summed E-state index contributed by atoms with van der Waals surface area (Å²) >= 11 is 0. The highest BCUT2D eigenvalue weighted by molar-refractivity contribution is 6.74. The van der Waals surface area contributed by atoms with Crippen LogP contribution in [0.5, 0.6) is 11.5 Å². The molecule has 26 heavy (non-hydrogen) atoms. The Labute approximate surface area is 156 Å². The van der Waals surface area contributed by atoms with E-state index in [1.807, 2.05) is 18.2 Å². The Morgan fingerprint density at radius 1 is 1.23 bits per heavy atom. The molecule has 0 saturated heterocycles. The van der Waals surface area contributed by atoms with E-state index in [-0.39, 0.29) is 11.6 Å². The Hall–Kier alpha value is -1.73. The minimum atomic E-state index is -2.12. The van der Waals surface area contributed by atoms with Crippen molar-refractivity contribution in [3.8, 4) is 11.5 Å². The molecule has 0 fully saturated rings.